The Bertz CT molecular complexity index is 362. The van der Waals surface area contributed by atoms with Gasteiger partial charge in [-0.25, -0.2) is 8.42 Å². The predicted octanol–water partition coefficient (Wildman–Crippen LogP) is 2.34. The standard InChI is InChI=1S/C14H29NO3S/c1-11(2)7-9-15(10-8-12(3)4)14(16)13(5)19(6,17)18/h11-13H,7-10H2,1-6H3. The Labute approximate surface area is 118 Å². The number of rotatable bonds is 8. The molecule has 0 aromatic carbocycles. The molecule has 0 heterocycles. The quantitative estimate of drug-likeness (QED) is 0.690. The minimum Gasteiger partial charge on any atom is -0.342 e. The molecule has 0 N–H and O–H groups in total. The van der Waals surface area contributed by atoms with Crippen LogP contribution < -0.4 is 0 Å². The highest BCUT2D eigenvalue weighted by Gasteiger charge is 2.28. The molecule has 0 aromatic heterocycles. The van der Waals surface area contributed by atoms with E-state index in [0.29, 0.717) is 24.9 Å². The molecule has 0 spiro atoms. The van der Waals surface area contributed by atoms with Gasteiger partial charge in [0, 0.05) is 19.3 Å². The van der Waals surface area contributed by atoms with Gasteiger partial charge < -0.3 is 4.90 Å². The van der Waals surface area contributed by atoms with E-state index in [2.05, 4.69) is 27.7 Å². The number of hydrogen-bond acceptors (Lipinski definition) is 3. The van der Waals surface area contributed by atoms with Crippen molar-refractivity contribution in [1.29, 1.82) is 0 Å². The van der Waals surface area contributed by atoms with E-state index in [-0.39, 0.29) is 5.91 Å². The molecule has 1 amide bonds. The molecule has 0 aliphatic carbocycles. The van der Waals surface area contributed by atoms with Crippen molar-refractivity contribution in [3.05, 3.63) is 0 Å². The van der Waals surface area contributed by atoms with Crippen molar-refractivity contribution < 1.29 is 13.2 Å². The maximum atomic E-state index is 12.3. The summed E-state index contributed by atoms with van der Waals surface area (Å²) in [6.07, 6.45) is 2.93. The van der Waals surface area contributed by atoms with Gasteiger partial charge >= 0.3 is 0 Å². The largest absolute Gasteiger partial charge is 0.342 e. The highest BCUT2D eigenvalue weighted by Crippen LogP contribution is 2.11. The number of hydrogen-bond donors (Lipinski definition) is 0. The van der Waals surface area contributed by atoms with Crippen LogP contribution >= 0.6 is 0 Å². The summed E-state index contributed by atoms with van der Waals surface area (Å²) in [4.78, 5) is 14.0. The molecule has 0 bridgehead atoms. The van der Waals surface area contributed by atoms with E-state index in [9.17, 15) is 13.2 Å². The Morgan fingerprint density at radius 3 is 1.58 bits per heavy atom. The summed E-state index contributed by atoms with van der Waals surface area (Å²) < 4.78 is 23.0. The maximum Gasteiger partial charge on any atom is 0.240 e. The van der Waals surface area contributed by atoms with Crippen LogP contribution in [0, 0.1) is 11.8 Å². The van der Waals surface area contributed by atoms with Crippen LogP contribution in [-0.2, 0) is 14.6 Å². The molecular weight excluding hydrogens is 262 g/mol. The number of amides is 1. The van der Waals surface area contributed by atoms with Crippen LogP contribution in [0.25, 0.3) is 0 Å². The molecule has 0 aromatic rings. The Balaban J connectivity index is 4.75. The molecule has 0 fully saturated rings. The second-order valence-corrected chi connectivity index (χ2v) is 8.53. The van der Waals surface area contributed by atoms with Gasteiger partial charge in [-0.3, -0.25) is 4.79 Å². The van der Waals surface area contributed by atoms with Gasteiger partial charge in [0.2, 0.25) is 5.91 Å². The van der Waals surface area contributed by atoms with Crippen LogP contribution in [0.5, 0.6) is 0 Å². The van der Waals surface area contributed by atoms with Gasteiger partial charge in [0.25, 0.3) is 0 Å². The zero-order valence-electron chi connectivity index (χ0n) is 13.1. The molecule has 0 aliphatic rings. The fourth-order valence-corrected chi connectivity index (χ4v) is 2.12. The van der Waals surface area contributed by atoms with E-state index in [1.807, 2.05) is 0 Å². The molecule has 0 saturated carbocycles. The topological polar surface area (TPSA) is 54.5 Å². The lowest BCUT2D eigenvalue weighted by molar-refractivity contribution is -0.130. The average Bonchev–Trinajstić information content (AvgIpc) is 2.25. The second kappa shape index (κ2) is 7.88. The lowest BCUT2D eigenvalue weighted by Crippen LogP contribution is -2.42. The van der Waals surface area contributed by atoms with E-state index >= 15 is 0 Å². The predicted molar refractivity (Wildman–Crippen MR) is 79.8 cm³/mol. The summed E-state index contributed by atoms with van der Waals surface area (Å²) in [6, 6.07) is 0. The van der Waals surface area contributed by atoms with Crippen molar-refractivity contribution in [2.75, 3.05) is 19.3 Å². The molecule has 0 radical (unpaired) electrons. The number of carbonyl (C=O) groups is 1. The number of nitrogens with zero attached hydrogens (tertiary/aromatic N) is 1. The Morgan fingerprint density at radius 2 is 1.32 bits per heavy atom. The summed E-state index contributed by atoms with van der Waals surface area (Å²) >= 11 is 0. The number of carbonyl (C=O) groups excluding carboxylic acids is 1. The van der Waals surface area contributed by atoms with Crippen LogP contribution in [0.3, 0.4) is 0 Å². The minimum atomic E-state index is -3.32. The average molecular weight is 291 g/mol. The Hall–Kier alpha value is -0.580. The third-order valence-corrected chi connectivity index (χ3v) is 4.74. The SMILES string of the molecule is CC(C)CCN(CCC(C)C)C(=O)C(C)S(C)(=O)=O. The minimum absolute atomic E-state index is 0.260. The molecule has 1 atom stereocenters. The van der Waals surface area contributed by atoms with Crippen LogP contribution in [0.2, 0.25) is 0 Å². The fourth-order valence-electron chi connectivity index (χ4n) is 1.60. The molecule has 4 nitrogen and oxygen atoms in total. The lowest BCUT2D eigenvalue weighted by Gasteiger charge is -2.26. The van der Waals surface area contributed by atoms with Crippen molar-refractivity contribution in [2.24, 2.45) is 11.8 Å². The van der Waals surface area contributed by atoms with Crippen molar-refractivity contribution in [3.8, 4) is 0 Å². The molecule has 1 unspecified atom stereocenters. The van der Waals surface area contributed by atoms with Crippen LogP contribution in [0.4, 0.5) is 0 Å². The zero-order valence-corrected chi connectivity index (χ0v) is 14.0. The summed E-state index contributed by atoms with van der Waals surface area (Å²) in [6.45, 7) is 11.2. The third-order valence-electron chi connectivity index (χ3n) is 3.25. The molecule has 5 heteroatoms. The van der Waals surface area contributed by atoms with E-state index in [1.54, 1.807) is 4.90 Å². The first-order valence-electron chi connectivity index (χ1n) is 7.03. The summed E-state index contributed by atoms with van der Waals surface area (Å²) in [5.41, 5.74) is 0. The first-order valence-corrected chi connectivity index (χ1v) is 8.98. The first kappa shape index (κ1) is 18.4. The molecule has 0 saturated heterocycles. The zero-order chi connectivity index (χ0) is 15.2. The van der Waals surface area contributed by atoms with Gasteiger partial charge in [0.1, 0.15) is 5.25 Å². The summed E-state index contributed by atoms with van der Waals surface area (Å²) in [7, 11) is -3.32. The van der Waals surface area contributed by atoms with Gasteiger partial charge in [-0.1, -0.05) is 27.7 Å². The van der Waals surface area contributed by atoms with Gasteiger partial charge in [0.15, 0.2) is 9.84 Å². The van der Waals surface area contributed by atoms with E-state index in [0.717, 1.165) is 19.1 Å². The summed E-state index contributed by atoms with van der Waals surface area (Å²) in [5.74, 6) is 0.745. The molecule has 0 rings (SSSR count). The molecule has 19 heavy (non-hydrogen) atoms. The maximum absolute atomic E-state index is 12.3. The monoisotopic (exact) mass is 291 g/mol. The smallest absolute Gasteiger partial charge is 0.240 e. The Kier molecular flexibility index (Phi) is 7.64. The second-order valence-electron chi connectivity index (χ2n) is 6.16. The van der Waals surface area contributed by atoms with Gasteiger partial charge in [0.05, 0.1) is 0 Å². The van der Waals surface area contributed by atoms with Gasteiger partial charge in [-0.2, -0.15) is 0 Å². The molecular formula is C14H29NO3S. The highest BCUT2D eigenvalue weighted by molar-refractivity contribution is 7.92. The lowest BCUT2D eigenvalue weighted by atomic mass is 10.1. The van der Waals surface area contributed by atoms with Crippen LogP contribution in [0.1, 0.15) is 47.5 Å². The highest BCUT2D eigenvalue weighted by atomic mass is 32.2. The Morgan fingerprint density at radius 1 is 0.947 bits per heavy atom. The van der Waals surface area contributed by atoms with Crippen molar-refractivity contribution in [1.82, 2.24) is 4.90 Å². The van der Waals surface area contributed by atoms with Crippen molar-refractivity contribution in [2.45, 2.75) is 52.7 Å². The third kappa shape index (κ3) is 7.55. The molecule has 0 aliphatic heterocycles. The normalized spacial score (nSPS) is 13.9. The van der Waals surface area contributed by atoms with E-state index in [4.69, 9.17) is 0 Å². The van der Waals surface area contributed by atoms with Gasteiger partial charge in [-0.15, -0.1) is 0 Å². The van der Waals surface area contributed by atoms with Gasteiger partial charge in [-0.05, 0) is 31.6 Å². The first-order chi connectivity index (χ1) is 8.55. The summed E-state index contributed by atoms with van der Waals surface area (Å²) in [5, 5.41) is -0.938. The van der Waals surface area contributed by atoms with E-state index < -0.39 is 15.1 Å². The molecule has 114 valence electrons. The van der Waals surface area contributed by atoms with Crippen molar-refractivity contribution >= 4 is 15.7 Å². The van der Waals surface area contributed by atoms with Crippen LogP contribution in [0.15, 0.2) is 0 Å². The fraction of sp³-hybridized carbons (Fsp3) is 0.929. The van der Waals surface area contributed by atoms with E-state index in [1.165, 1.54) is 6.92 Å². The number of sulfone groups is 1. The van der Waals surface area contributed by atoms with Crippen molar-refractivity contribution in [3.63, 3.8) is 0 Å². The van der Waals surface area contributed by atoms with Crippen LogP contribution in [-0.4, -0.2) is 43.8 Å².